The third-order valence-corrected chi connectivity index (χ3v) is 4.95. The number of para-hydroxylation sites is 1. The van der Waals surface area contributed by atoms with Crippen LogP contribution in [0.3, 0.4) is 0 Å². The third kappa shape index (κ3) is 2.88. The van der Waals surface area contributed by atoms with Crippen molar-refractivity contribution in [3.63, 3.8) is 0 Å². The predicted molar refractivity (Wildman–Crippen MR) is 102 cm³/mol. The monoisotopic (exact) mass is 363 g/mol. The molecule has 0 radical (unpaired) electrons. The van der Waals surface area contributed by atoms with Crippen molar-refractivity contribution in [2.75, 3.05) is 20.3 Å². The lowest BCUT2D eigenvalue weighted by Gasteiger charge is -2.26. The van der Waals surface area contributed by atoms with Gasteiger partial charge in [-0.3, -0.25) is 9.89 Å². The summed E-state index contributed by atoms with van der Waals surface area (Å²) in [4.78, 5) is 14.8. The van der Waals surface area contributed by atoms with Gasteiger partial charge in [0.2, 0.25) is 0 Å². The summed E-state index contributed by atoms with van der Waals surface area (Å²) in [6.45, 7) is 2.94. The highest BCUT2D eigenvalue weighted by atomic mass is 16.5. The average molecular weight is 363 g/mol. The van der Waals surface area contributed by atoms with Crippen LogP contribution in [0.25, 0.3) is 11.3 Å². The molecule has 2 aromatic carbocycles. The molecule has 3 aromatic rings. The number of methoxy groups -OCH3 is 1. The van der Waals surface area contributed by atoms with E-state index in [0.717, 1.165) is 16.7 Å². The van der Waals surface area contributed by atoms with Crippen LogP contribution in [-0.4, -0.2) is 46.4 Å². The van der Waals surface area contributed by atoms with Crippen molar-refractivity contribution in [3.05, 3.63) is 70.9 Å². The van der Waals surface area contributed by atoms with E-state index < -0.39 is 0 Å². The second kappa shape index (κ2) is 6.89. The van der Waals surface area contributed by atoms with Gasteiger partial charge in [0.1, 0.15) is 17.1 Å². The molecule has 1 aliphatic rings. The van der Waals surface area contributed by atoms with Crippen molar-refractivity contribution >= 4 is 5.91 Å². The molecule has 0 aliphatic carbocycles. The first-order valence-electron chi connectivity index (χ1n) is 8.85. The van der Waals surface area contributed by atoms with Crippen LogP contribution in [0.2, 0.25) is 0 Å². The smallest absolute Gasteiger partial charge is 0.273 e. The topological polar surface area (TPSA) is 78.5 Å². The van der Waals surface area contributed by atoms with Crippen LogP contribution in [0.15, 0.2) is 48.5 Å². The molecule has 27 heavy (non-hydrogen) atoms. The van der Waals surface area contributed by atoms with Gasteiger partial charge < -0.3 is 14.7 Å². The fourth-order valence-corrected chi connectivity index (χ4v) is 3.59. The van der Waals surface area contributed by atoms with E-state index in [1.54, 1.807) is 30.2 Å². The van der Waals surface area contributed by atoms with Gasteiger partial charge in [0, 0.05) is 24.8 Å². The molecule has 0 fully saturated rings. The second-order valence-electron chi connectivity index (χ2n) is 6.68. The fourth-order valence-electron chi connectivity index (χ4n) is 3.59. The Hall–Kier alpha value is -3.12. The maximum Gasteiger partial charge on any atom is 0.273 e. The number of carbonyl (C=O) groups is 1. The number of rotatable bonds is 5. The van der Waals surface area contributed by atoms with Gasteiger partial charge in [-0.15, -0.1) is 0 Å². The van der Waals surface area contributed by atoms with E-state index in [1.807, 2.05) is 37.3 Å². The number of hydrogen-bond donors (Lipinski definition) is 2. The zero-order valence-corrected chi connectivity index (χ0v) is 15.3. The molecule has 0 saturated carbocycles. The van der Waals surface area contributed by atoms with Crippen molar-refractivity contribution < 1.29 is 14.6 Å². The molecule has 2 N–H and O–H groups in total. The molecule has 0 unspecified atom stereocenters. The number of aromatic nitrogens is 2. The molecule has 0 bridgehead atoms. The van der Waals surface area contributed by atoms with Crippen LogP contribution < -0.4 is 0 Å². The molecule has 1 atom stereocenters. The molecule has 1 aromatic heterocycles. The molecule has 2 heterocycles. The number of H-pyrrole nitrogens is 1. The van der Waals surface area contributed by atoms with Crippen LogP contribution in [0.5, 0.6) is 5.75 Å². The summed E-state index contributed by atoms with van der Waals surface area (Å²) in [6.07, 6.45) is 0. The average Bonchev–Trinajstić information content (AvgIpc) is 3.21. The molecule has 1 amide bonds. The third-order valence-electron chi connectivity index (χ3n) is 4.95. The van der Waals surface area contributed by atoms with E-state index in [9.17, 15) is 9.90 Å². The quantitative estimate of drug-likeness (QED) is 0.729. The summed E-state index contributed by atoms with van der Waals surface area (Å²) < 4.78 is 5.21. The number of phenolic OH excluding ortho intramolecular Hbond substituents is 1. The summed E-state index contributed by atoms with van der Waals surface area (Å²) in [5, 5.41) is 17.6. The van der Waals surface area contributed by atoms with Gasteiger partial charge in [0.05, 0.1) is 12.6 Å². The van der Waals surface area contributed by atoms with Crippen LogP contribution >= 0.6 is 0 Å². The molecule has 1 aliphatic heterocycles. The molecular formula is C21H21N3O3. The summed E-state index contributed by atoms with van der Waals surface area (Å²) in [6, 6.07) is 14.9. The molecule has 6 nitrogen and oxygen atoms in total. The minimum Gasteiger partial charge on any atom is -0.507 e. The number of benzene rings is 2. The number of carbonyl (C=O) groups excluding carboxylic acids is 1. The summed E-state index contributed by atoms with van der Waals surface area (Å²) in [5.41, 5.74) is 4.62. The van der Waals surface area contributed by atoms with Crippen LogP contribution in [0.4, 0.5) is 0 Å². The van der Waals surface area contributed by atoms with E-state index >= 15 is 0 Å². The lowest BCUT2D eigenvalue weighted by atomic mass is 9.95. The molecule has 138 valence electrons. The number of aryl methyl sites for hydroxylation is 1. The minimum atomic E-state index is -0.281. The number of ether oxygens (including phenoxy) is 1. The van der Waals surface area contributed by atoms with Crippen molar-refractivity contribution in [1.82, 2.24) is 15.1 Å². The van der Waals surface area contributed by atoms with Gasteiger partial charge in [-0.2, -0.15) is 5.10 Å². The van der Waals surface area contributed by atoms with Crippen LogP contribution in [0, 0.1) is 6.92 Å². The van der Waals surface area contributed by atoms with Gasteiger partial charge in [-0.25, -0.2) is 0 Å². The number of fused-ring (bicyclic) bond motifs is 1. The lowest BCUT2D eigenvalue weighted by molar-refractivity contribution is 0.0677. The number of phenols is 1. The SMILES string of the molecule is COCCN1C(=O)c2[nH]nc(-c3ccccc3O)c2[C@H]1c1ccc(C)cc1. The van der Waals surface area contributed by atoms with Crippen LogP contribution in [0.1, 0.15) is 33.2 Å². The largest absolute Gasteiger partial charge is 0.507 e. The first-order valence-corrected chi connectivity index (χ1v) is 8.85. The van der Waals surface area contributed by atoms with Gasteiger partial charge in [0.15, 0.2) is 0 Å². The Kier molecular flexibility index (Phi) is 4.41. The summed E-state index contributed by atoms with van der Waals surface area (Å²) in [5.74, 6) is 0.0269. The van der Waals surface area contributed by atoms with E-state index in [1.165, 1.54) is 0 Å². The van der Waals surface area contributed by atoms with Crippen molar-refractivity contribution in [2.45, 2.75) is 13.0 Å². The summed E-state index contributed by atoms with van der Waals surface area (Å²) >= 11 is 0. The Balaban J connectivity index is 1.88. The molecule has 4 rings (SSSR count). The first-order chi connectivity index (χ1) is 13.1. The standard InChI is InChI=1S/C21H21N3O3/c1-13-7-9-14(10-8-13)20-17-18(15-5-3-4-6-16(15)25)22-23-19(17)21(26)24(20)11-12-27-2/h3-10,20,25H,11-12H2,1-2H3,(H,22,23)/t20-/m1/s1. The number of nitrogens with one attached hydrogen (secondary N) is 1. The molecular weight excluding hydrogens is 342 g/mol. The number of hydrogen-bond acceptors (Lipinski definition) is 4. The Bertz CT molecular complexity index is 979. The van der Waals surface area contributed by atoms with Crippen molar-refractivity contribution in [1.29, 1.82) is 0 Å². The maximum atomic E-state index is 13.0. The van der Waals surface area contributed by atoms with E-state index in [2.05, 4.69) is 10.2 Å². The Labute approximate surface area is 157 Å². The van der Waals surface area contributed by atoms with Crippen LogP contribution in [-0.2, 0) is 4.74 Å². The maximum absolute atomic E-state index is 13.0. The number of aromatic hydroxyl groups is 1. The van der Waals surface area contributed by atoms with Gasteiger partial charge in [-0.05, 0) is 24.6 Å². The summed E-state index contributed by atoms with van der Waals surface area (Å²) in [7, 11) is 1.62. The lowest BCUT2D eigenvalue weighted by Crippen LogP contribution is -2.32. The highest BCUT2D eigenvalue weighted by molar-refractivity contribution is 6.00. The molecule has 0 spiro atoms. The van der Waals surface area contributed by atoms with Gasteiger partial charge in [0.25, 0.3) is 5.91 Å². The highest BCUT2D eigenvalue weighted by Gasteiger charge is 2.42. The molecule has 6 heteroatoms. The predicted octanol–water partition coefficient (Wildman–Crippen LogP) is 3.28. The van der Waals surface area contributed by atoms with E-state index in [-0.39, 0.29) is 17.7 Å². The zero-order chi connectivity index (χ0) is 19.0. The fraction of sp³-hybridized carbons (Fsp3) is 0.238. The Morgan fingerprint density at radius 3 is 2.63 bits per heavy atom. The van der Waals surface area contributed by atoms with Gasteiger partial charge in [-0.1, -0.05) is 42.0 Å². The highest BCUT2D eigenvalue weighted by Crippen LogP contribution is 2.44. The van der Waals surface area contributed by atoms with Crippen molar-refractivity contribution in [3.8, 4) is 17.0 Å². The number of aromatic amines is 1. The van der Waals surface area contributed by atoms with Crippen molar-refractivity contribution in [2.24, 2.45) is 0 Å². The number of nitrogens with zero attached hydrogens (tertiary/aromatic N) is 2. The second-order valence-corrected chi connectivity index (χ2v) is 6.68. The Morgan fingerprint density at radius 1 is 1.19 bits per heavy atom. The van der Waals surface area contributed by atoms with Gasteiger partial charge >= 0.3 is 0 Å². The van der Waals surface area contributed by atoms with E-state index in [4.69, 9.17) is 4.74 Å². The minimum absolute atomic E-state index is 0.109. The Morgan fingerprint density at radius 2 is 1.93 bits per heavy atom. The zero-order valence-electron chi connectivity index (χ0n) is 15.3. The first kappa shape index (κ1) is 17.3. The number of amides is 1. The normalized spacial score (nSPS) is 16.0. The van der Waals surface area contributed by atoms with E-state index in [0.29, 0.717) is 30.1 Å². The molecule has 0 saturated heterocycles.